The first-order valence-electron chi connectivity index (χ1n) is 11.1. The van der Waals surface area contributed by atoms with E-state index in [2.05, 4.69) is 91.7 Å². The third-order valence-electron chi connectivity index (χ3n) is 6.20. The Morgan fingerprint density at radius 1 is 0.968 bits per heavy atom. The second-order valence-electron chi connectivity index (χ2n) is 9.56. The molecule has 1 N–H and O–H groups in total. The molecule has 160 valence electrons. The van der Waals surface area contributed by atoms with Crippen LogP contribution in [0.1, 0.15) is 66.3 Å². The molecule has 1 aliphatic rings. The van der Waals surface area contributed by atoms with Gasteiger partial charge in [0.25, 0.3) is 5.91 Å². The topological polar surface area (TPSA) is 32.3 Å². The molecule has 0 unspecified atom stereocenters. The predicted molar refractivity (Wildman–Crippen MR) is 129 cm³/mol. The highest BCUT2D eigenvalue weighted by Crippen LogP contribution is 2.29. The van der Waals surface area contributed by atoms with Crippen LogP contribution in [0.25, 0.3) is 0 Å². The van der Waals surface area contributed by atoms with Gasteiger partial charge >= 0.3 is 0 Å². The SMILES string of the molecule is C[C@@H](NC(=O)c1ccc(CN2CCc3ccccc32)cc1)c1ccc(C(C)(C)C)cc1. The van der Waals surface area contributed by atoms with E-state index in [1.165, 1.54) is 22.4 Å². The Bertz CT molecular complexity index is 1050. The van der Waals surface area contributed by atoms with Gasteiger partial charge in [-0.2, -0.15) is 0 Å². The zero-order valence-corrected chi connectivity index (χ0v) is 19.0. The molecule has 0 saturated heterocycles. The summed E-state index contributed by atoms with van der Waals surface area (Å²) < 4.78 is 0. The Labute approximate surface area is 186 Å². The van der Waals surface area contributed by atoms with Gasteiger partial charge in [0.1, 0.15) is 0 Å². The van der Waals surface area contributed by atoms with Crippen molar-refractivity contribution in [3.05, 3.63) is 101 Å². The van der Waals surface area contributed by atoms with E-state index in [9.17, 15) is 4.79 Å². The zero-order chi connectivity index (χ0) is 22.0. The molecule has 1 atom stereocenters. The maximum atomic E-state index is 12.8. The van der Waals surface area contributed by atoms with E-state index in [0.717, 1.165) is 25.1 Å². The minimum atomic E-state index is -0.0395. The van der Waals surface area contributed by atoms with Gasteiger partial charge in [0.2, 0.25) is 0 Å². The Morgan fingerprint density at radius 3 is 2.32 bits per heavy atom. The summed E-state index contributed by atoms with van der Waals surface area (Å²) in [7, 11) is 0. The zero-order valence-electron chi connectivity index (χ0n) is 19.0. The number of fused-ring (bicyclic) bond motifs is 1. The summed E-state index contributed by atoms with van der Waals surface area (Å²) in [6.07, 6.45) is 1.10. The lowest BCUT2D eigenvalue weighted by atomic mass is 9.86. The fourth-order valence-corrected chi connectivity index (χ4v) is 4.19. The van der Waals surface area contributed by atoms with Gasteiger partial charge in [0.05, 0.1) is 6.04 Å². The first kappa shape index (κ1) is 21.2. The molecule has 1 aliphatic heterocycles. The molecule has 0 aliphatic carbocycles. The highest BCUT2D eigenvalue weighted by Gasteiger charge is 2.19. The Hall–Kier alpha value is -3.07. The van der Waals surface area contributed by atoms with Crippen molar-refractivity contribution in [1.82, 2.24) is 5.32 Å². The van der Waals surface area contributed by atoms with Gasteiger partial charge in [-0.1, -0.05) is 75.4 Å². The lowest BCUT2D eigenvalue weighted by Crippen LogP contribution is -2.26. The summed E-state index contributed by atoms with van der Waals surface area (Å²) in [6, 6.07) is 25.1. The molecule has 0 aromatic heterocycles. The highest BCUT2D eigenvalue weighted by atomic mass is 16.1. The Balaban J connectivity index is 1.37. The number of nitrogens with zero attached hydrogens (tertiary/aromatic N) is 1. The van der Waals surface area contributed by atoms with Crippen molar-refractivity contribution in [2.24, 2.45) is 0 Å². The minimum Gasteiger partial charge on any atom is -0.367 e. The highest BCUT2D eigenvalue weighted by molar-refractivity contribution is 5.94. The van der Waals surface area contributed by atoms with Crippen LogP contribution in [0.2, 0.25) is 0 Å². The average Bonchev–Trinajstić information content (AvgIpc) is 3.16. The van der Waals surface area contributed by atoms with Crippen molar-refractivity contribution in [1.29, 1.82) is 0 Å². The fraction of sp³-hybridized carbons (Fsp3) is 0.321. The summed E-state index contributed by atoms with van der Waals surface area (Å²) in [5.74, 6) is -0.0366. The van der Waals surface area contributed by atoms with Crippen LogP contribution in [0.5, 0.6) is 0 Å². The van der Waals surface area contributed by atoms with Gasteiger partial charge in [0, 0.05) is 24.3 Å². The van der Waals surface area contributed by atoms with Gasteiger partial charge in [0.15, 0.2) is 0 Å². The number of benzene rings is 3. The van der Waals surface area contributed by atoms with Crippen LogP contribution in [0.4, 0.5) is 5.69 Å². The maximum absolute atomic E-state index is 12.8. The quantitative estimate of drug-likeness (QED) is 0.554. The van der Waals surface area contributed by atoms with E-state index in [1.807, 2.05) is 19.1 Å². The van der Waals surface area contributed by atoms with Crippen LogP contribution in [0.15, 0.2) is 72.8 Å². The second-order valence-corrected chi connectivity index (χ2v) is 9.56. The molecule has 0 fully saturated rings. The molecule has 4 rings (SSSR count). The van der Waals surface area contributed by atoms with E-state index in [-0.39, 0.29) is 17.4 Å². The molecule has 31 heavy (non-hydrogen) atoms. The lowest BCUT2D eigenvalue weighted by molar-refractivity contribution is 0.0940. The maximum Gasteiger partial charge on any atom is 0.251 e. The number of rotatable bonds is 5. The van der Waals surface area contributed by atoms with Crippen LogP contribution in [0, 0.1) is 0 Å². The van der Waals surface area contributed by atoms with Crippen molar-refractivity contribution < 1.29 is 4.79 Å². The first-order chi connectivity index (χ1) is 14.8. The number of amides is 1. The standard InChI is InChI=1S/C28H32N2O/c1-20(22-13-15-25(16-14-22)28(2,3)4)29-27(31)24-11-9-21(10-12-24)19-30-18-17-23-7-5-6-8-26(23)30/h5-16,20H,17-19H2,1-4H3,(H,29,31)/t20-/m1/s1. The molecule has 3 aromatic carbocycles. The van der Waals surface area contributed by atoms with Gasteiger partial charge < -0.3 is 10.2 Å². The van der Waals surface area contributed by atoms with E-state index < -0.39 is 0 Å². The number of para-hydroxylation sites is 1. The largest absolute Gasteiger partial charge is 0.367 e. The van der Waals surface area contributed by atoms with E-state index in [0.29, 0.717) is 5.56 Å². The third-order valence-corrected chi connectivity index (χ3v) is 6.20. The predicted octanol–water partition coefficient (Wildman–Crippen LogP) is 6.04. The smallest absolute Gasteiger partial charge is 0.251 e. The van der Waals surface area contributed by atoms with E-state index in [1.54, 1.807) is 0 Å². The van der Waals surface area contributed by atoms with Crippen LogP contribution in [-0.2, 0) is 18.4 Å². The van der Waals surface area contributed by atoms with Crippen molar-refractivity contribution >= 4 is 11.6 Å². The Morgan fingerprint density at radius 2 is 1.65 bits per heavy atom. The van der Waals surface area contributed by atoms with Gasteiger partial charge in [-0.25, -0.2) is 0 Å². The van der Waals surface area contributed by atoms with Crippen molar-refractivity contribution in [3.63, 3.8) is 0 Å². The molecule has 3 heteroatoms. The summed E-state index contributed by atoms with van der Waals surface area (Å²) in [4.78, 5) is 15.2. The summed E-state index contributed by atoms with van der Waals surface area (Å²) in [5, 5.41) is 3.13. The molecule has 0 spiro atoms. The van der Waals surface area contributed by atoms with Crippen molar-refractivity contribution in [3.8, 4) is 0 Å². The summed E-state index contributed by atoms with van der Waals surface area (Å²) >= 11 is 0. The first-order valence-corrected chi connectivity index (χ1v) is 11.1. The molecule has 1 heterocycles. The lowest BCUT2D eigenvalue weighted by Gasteiger charge is -2.21. The summed E-state index contributed by atoms with van der Waals surface area (Å²) in [6.45, 7) is 10.6. The van der Waals surface area contributed by atoms with Crippen LogP contribution < -0.4 is 10.2 Å². The molecule has 0 radical (unpaired) electrons. The molecule has 1 amide bonds. The Kier molecular flexibility index (Phi) is 5.86. The normalized spacial score (nSPS) is 14.3. The second kappa shape index (κ2) is 8.58. The third kappa shape index (κ3) is 4.82. The number of carbonyl (C=O) groups excluding carboxylic acids is 1. The van der Waals surface area contributed by atoms with Gasteiger partial charge in [-0.05, 0) is 59.2 Å². The fourth-order valence-electron chi connectivity index (χ4n) is 4.19. The number of hydrogen-bond acceptors (Lipinski definition) is 2. The summed E-state index contributed by atoms with van der Waals surface area (Å²) in [5.41, 5.74) is 7.21. The molecule has 0 bridgehead atoms. The van der Waals surface area contributed by atoms with Gasteiger partial charge in [-0.3, -0.25) is 4.79 Å². The van der Waals surface area contributed by atoms with Crippen molar-refractivity contribution in [2.45, 2.75) is 52.1 Å². The number of nitrogens with one attached hydrogen (secondary N) is 1. The molecular weight excluding hydrogens is 380 g/mol. The van der Waals surface area contributed by atoms with E-state index >= 15 is 0 Å². The number of carbonyl (C=O) groups is 1. The number of anilines is 1. The number of hydrogen-bond donors (Lipinski definition) is 1. The van der Waals surface area contributed by atoms with Crippen molar-refractivity contribution in [2.75, 3.05) is 11.4 Å². The molecule has 3 nitrogen and oxygen atoms in total. The van der Waals surface area contributed by atoms with Crippen LogP contribution in [-0.4, -0.2) is 12.5 Å². The van der Waals surface area contributed by atoms with Gasteiger partial charge in [-0.15, -0.1) is 0 Å². The molecule has 0 saturated carbocycles. The minimum absolute atomic E-state index is 0.0366. The monoisotopic (exact) mass is 412 g/mol. The molecular formula is C28H32N2O. The van der Waals surface area contributed by atoms with Crippen LogP contribution in [0.3, 0.4) is 0 Å². The van der Waals surface area contributed by atoms with Crippen LogP contribution >= 0.6 is 0 Å². The average molecular weight is 413 g/mol. The molecule has 3 aromatic rings. The van der Waals surface area contributed by atoms with E-state index in [4.69, 9.17) is 0 Å².